The van der Waals surface area contributed by atoms with Crippen molar-refractivity contribution in [1.29, 1.82) is 0 Å². The molecule has 3 aromatic carbocycles. The van der Waals surface area contributed by atoms with Crippen molar-refractivity contribution in [3.63, 3.8) is 0 Å². The van der Waals surface area contributed by atoms with E-state index in [9.17, 15) is 14.4 Å². The number of carbonyl (C=O) groups excluding carboxylic acids is 2. The molecule has 7 nitrogen and oxygen atoms in total. The molecule has 0 fully saturated rings. The van der Waals surface area contributed by atoms with Crippen molar-refractivity contribution in [2.75, 3.05) is 0 Å². The van der Waals surface area contributed by atoms with Crippen LogP contribution in [-0.4, -0.2) is 18.1 Å². The monoisotopic (exact) mass is 459 g/mol. The Balaban J connectivity index is 1.50. The van der Waals surface area contributed by atoms with Gasteiger partial charge in [0.2, 0.25) is 0 Å². The van der Waals surface area contributed by atoms with E-state index in [1.54, 1.807) is 24.3 Å². The van der Waals surface area contributed by atoms with Crippen LogP contribution in [0.15, 0.2) is 82.0 Å². The first-order valence-corrected chi connectivity index (χ1v) is 11.1. The summed E-state index contributed by atoms with van der Waals surface area (Å²) < 4.78 is 16.2. The minimum absolute atomic E-state index is 0.0899. The zero-order valence-corrected chi connectivity index (χ0v) is 18.9. The predicted molar refractivity (Wildman–Crippen MR) is 129 cm³/mol. The molecule has 0 bridgehead atoms. The zero-order chi connectivity index (χ0) is 24.1. The van der Waals surface area contributed by atoms with Gasteiger partial charge in [0.15, 0.2) is 0 Å². The highest BCUT2D eigenvalue weighted by atomic mass is 16.6. The van der Waals surface area contributed by atoms with Gasteiger partial charge in [-0.15, -0.1) is 0 Å². The fraction of sp³-hybridized carbons (Fsp3) is 0.222. The van der Waals surface area contributed by atoms with Gasteiger partial charge in [-0.25, -0.2) is 14.4 Å². The molecule has 1 aromatic heterocycles. The second-order valence-electron chi connectivity index (χ2n) is 8.08. The highest BCUT2D eigenvalue weighted by Crippen LogP contribution is 2.26. The van der Waals surface area contributed by atoms with Crippen LogP contribution in [0.2, 0.25) is 0 Å². The van der Waals surface area contributed by atoms with Crippen molar-refractivity contribution in [3.05, 3.63) is 88.8 Å². The summed E-state index contributed by atoms with van der Waals surface area (Å²) in [4.78, 5) is 37.6. The zero-order valence-electron chi connectivity index (χ0n) is 18.9. The molecule has 0 aliphatic carbocycles. The van der Waals surface area contributed by atoms with Gasteiger partial charge >= 0.3 is 17.7 Å². The smallest absolute Gasteiger partial charge is 0.408 e. The Hall–Kier alpha value is -4.13. The molecule has 4 aromatic rings. The lowest BCUT2D eigenvalue weighted by atomic mass is 9.99. The second kappa shape index (κ2) is 10.2. The molecule has 0 saturated heterocycles. The lowest BCUT2D eigenvalue weighted by molar-refractivity contribution is -0.138. The van der Waals surface area contributed by atoms with Crippen molar-refractivity contribution in [1.82, 2.24) is 5.32 Å². The van der Waals surface area contributed by atoms with E-state index < -0.39 is 23.7 Å². The van der Waals surface area contributed by atoms with Crippen molar-refractivity contribution in [2.45, 2.75) is 32.9 Å². The summed E-state index contributed by atoms with van der Waals surface area (Å²) in [7, 11) is 0. The van der Waals surface area contributed by atoms with Crippen LogP contribution < -0.4 is 15.7 Å². The van der Waals surface area contributed by atoms with E-state index in [1.807, 2.05) is 56.3 Å². The maximum Gasteiger partial charge on any atom is 0.408 e. The number of hydrogen-bond donors (Lipinski definition) is 1. The van der Waals surface area contributed by atoms with Crippen LogP contribution in [-0.2, 0) is 16.1 Å². The summed E-state index contributed by atoms with van der Waals surface area (Å²) in [6, 6.07) is 20.4. The third kappa shape index (κ3) is 5.09. The third-order valence-corrected chi connectivity index (χ3v) is 5.76. The van der Waals surface area contributed by atoms with E-state index in [0.717, 1.165) is 16.3 Å². The van der Waals surface area contributed by atoms with Crippen molar-refractivity contribution < 1.29 is 23.5 Å². The van der Waals surface area contributed by atoms with Crippen LogP contribution in [0.4, 0.5) is 4.79 Å². The largest absolute Gasteiger partial charge is 0.445 e. The number of ether oxygens (including phenoxy) is 2. The lowest BCUT2D eigenvalue weighted by Gasteiger charge is -2.22. The number of amides is 1. The topological polar surface area (TPSA) is 94.8 Å². The molecular weight excluding hydrogens is 434 g/mol. The molecule has 0 aliphatic heterocycles. The van der Waals surface area contributed by atoms with E-state index in [1.165, 1.54) is 6.07 Å². The average molecular weight is 459 g/mol. The number of rotatable bonds is 7. The normalized spacial score (nSPS) is 12.8. The fourth-order valence-electron chi connectivity index (χ4n) is 3.66. The summed E-state index contributed by atoms with van der Waals surface area (Å²) in [6.45, 7) is 3.85. The Labute approximate surface area is 196 Å². The van der Waals surface area contributed by atoms with Gasteiger partial charge in [0.05, 0.1) is 5.39 Å². The molecule has 7 heteroatoms. The highest BCUT2D eigenvalue weighted by Gasteiger charge is 2.28. The van der Waals surface area contributed by atoms with Gasteiger partial charge in [-0.2, -0.15) is 0 Å². The van der Waals surface area contributed by atoms with Gasteiger partial charge in [0, 0.05) is 11.5 Å². The number of hydrogen-bond acceptors (Lipinski definition) is 6. The highest BCUT2D eigenvalue weighted by molar-refractivity contribution is 6.04. The van der Waals surface area contributed by atoms with Crippen molar-refractivity contribution in [3.8, 4) is 5.75 Å². The van der Waals surface area contributed by atoms with Crippen molar-refractivity contribution >= 4 is 33.8 Å². The van der Waals surface area contributed by atoms with Gasteiger partial charge in [-0.3, -0.25) is 0 Å². The van der Waals surface area contributed by atoms with Gasteiger partial charge in [-0.1, -0.05) is 68.8 Å². The van der Waals surface area contributed by atoms with Gasteiger partial charge < -0.3 is 19.2 Å². The molecule has 1 amide bonds. The fourth-order valence-corrected chi connectivity index (χ4v) is 3.66. The molecule has 0 saturated carbocycles. The number of esters is 1. The molecule has 2 atom stereocenters. The van der Waals surface area contributed by atoms with Gasteiger partial charge in [0.25, 0.3) is 0 Å². The van der Waals surface area contributed by atoms with Crippen LogP contribution in [0.3, 0.4) is 0 Å². The van der Waals surface area contributed by atoms with Crippen LogP contribution in [0.25, 0.3) is 21.7 Å². The minimum atomic E-state index is -0.910. The van der Waals surface area contributed by atoms with E-state index in [2.05, 4.69) is 5.32 Å². The Bertz CT molecular complexity index is 1380. The summed E-state index contributed by atoms with van der Waals surface area (Å²) in [5.41, 5.74) is 0.682. The van der Waals surface area contributed by atoms with Crippen LogP contribution in [0.5, 0.6) is 5.75 Å². The maximum absolute atomic E-state index is 13.0. The number of benzene rings is 3. The van der Waals surface area contributed by atoms with Crippen LogP contribution in [0, 0.1) is 5.92 Å². The molecule has 34 heavy (non-hydrogen) atoms. The number of fused-ring (bicyclic) bond motifs is 3. The SMILES string of the molecule is CCC(C)[C@@H](NC(=O)OCc1ccccc1)C(=O)Oc1ccc2c(c1)oc(=O)c1ccccc12. The Kier molecular flexibility index (Phi) is 6.92. The Morgan fingerprint density at radius 3 is 2.38 bits per heavy atom. The minimum Gasteiger partial charge on any atom is -0.445 e. The standard InChI is InChI=1S/C27H25NO6/c1-3-17(2)24(28-27(31)32-16-18-9-5-4-6-10-18)26(30)33-19-13-14-21-20-11-7-8-12-22(20)25(29)34-23(21)15-19/h4-15,17,24H,3,16H2,1-2H3,(H,28,31)/t17?,24-/m1/s1. The first-order chi connectivity index (χ1) is 16.5. The number of alkyl carbamates (subject to hydrolysis) is 1. The Morgan fingerprint density at radius 1 is 0.941 bits per heavy atom. The molecule has 1 N–H and O–H groups in total. The summed E-state index contributed by atoms with van der Waals surface area (Å²) in [5, 5.41) is 4.59. The molecule has 1 unspecified atom stereocenters. The first kappa shape index (κ1) is 23.0. The molecule has 1 heterocycles. The summed E-state index contributed by atoms with van der Waals surface area (Å²) >= 11 is 0. The third-order valence-electron chi connectivity index (χ3n) is 5.76. The average Bonchev–Trinajstić information content (AvgIpc) is 2.86. The lowest BCUT2D eigenvalue weighted by Crippen LogP contribution is -2.47. The van der Waals surface area contributed by atoms with E-state index in [0.29, 0.717) is 17.4 Å². The number of carbonyl (C=O) groups is 2. The van der Waals surface area contributed by atoms with Gasteiger partial charge in [-0.05, 0) is 35.1 Å². The molecule has 0 radical (unpaired) electrons. The van der Waals surface area contributed by atoms with Crippen LogP contribution in [0.1, 0.15) is 25.8 Å². The van der Waals surface area contributed by atoms with E-state index in [4.69, 9.17) is 13.9 Å². The molecule has 174 valence electrons. The Morgan fingerprint density at radius 2 is 1.65 bits per heavy atom. The van der Waals surface area contributed by atoms with Gasteiger partial charge in [0.1, 0.15) is 24.0 Å². The first-order valence-electron chi connectivity index (χ1n) is 11.1. The van der Waals surface area contributed by atoms with Crippen LogP contribution >= 0.6 is 0 Å². The number of nitrogens with one attached hydrogen (secondary N) is 1. The second-order valence-corrected chi connectivity index (χ2v) is 8.08. The van der Waals surface area contributed by atoms with E-state index in [-0.39, 0.29) is 18.3 Å². The van der Waals surface area contributed by atoms with Crippen molar-refractivity contribution in [2.24, 2.45) is 5.92 Å². The molecule has 4 rings (SSSR count). The molecular formula is C27H25NO6. The maximum atomic E-state index is 13.0. The van der Waals surface area contributed by atoms with E-state index >= 15 is 0 Å². The molecule has 0 aliphatic rings. The summed E-state index contributed by atoms with van der Waals surface area (Å²) in [6.07, 6.45) is -0.0702. The predicted octanol–water partition coefficient (Wildman–Crippen LogP) is 5.19. The summed E-state index contributed by atoms with van der Waals surface area (Å²) in [5.74, 6) is -0.615. The quantitative estimate of drug-likeness (QED) is 0.177. The molecule has 0 spiro atoms.